The Morgan fingerprint density at radius 3 is 2.57 bits per heavy atom. The molecule has 0 aromatic rings. The standard InChI is InChI=1S/C20H32O/c1-13-5-4-11-19(2)15(13)7-6-14-16-8-9-18(21)20(16,3)12-10-17(14)19/h14,16-18,21H,4-12H2,1-3H3/t14-,16-,17-,18?,19-,20-/m0/s1. The van der Waals surface area contributed by atoms with Gasteiger partial charge in [-0.05, 0) is 93.3 Å². The third kappa shape index (κ3) is 1.79. The van der Waals surface area contributed by atoms with Gasteiger partial charge in [-0.2, -0.15) is 0 Å². The zero-order valence-electron chi connectivity index (χ0n) is 14.1. The first-order chi connectivity index (χ1) is 9.97. The van der Waals surface area contributed by atoms with Gasteiger partial charge in [-0.3, -0.25) is 0 Å². The summed E-state index contributed by atoms with van der Waals surface area (Å²) in [7, 11) is 0. The molecule has 0 radical (unpaired) electrons. The van der Waals surface area contributed by atoms with Crippen LogP contribution in [0.3, 0.4) is 0 Å². The maximum Gasteiger partial charge on any atom is 0.0596 e. The predicted molar refractivity (Wildman–Crippen MR) is 86.9 cm³/mol. The van der Waals surface area contributed by atoms with Gasteiger partial charge in [-0.15, -0.1) is 0 Å². The molecule has 3 fully saturated rings. The minimum atomic E-state index is -0.0266. The molecule has 1 nitrogen and oxygen atoms in total. The van der Waals surface area contributed by atoms with Crippen molar-refractivity contribution in [1.82, 2.24) is 0 Å². The molecule has 1 heteroatoms. The first-order valence-electron chi connectivity index (χ1n) is 9.34. The number of hydrogen-bond acceptors (Lipinski definition) is 1. The molecule has 3 saturated carbocycles. The van der Waals surface area contributed by atoms with E-state index in [0.717, 1.165) is 24.2 Å². The zero-order valence-corrected chi connectivity index (χ0v) is 14.1. The fourth-order valence-corrected chi connectivity index (χ4v) is 7.18. The molecule has 0 amide bonds. The average Bonchev–Trinajstić information content (AvgIpc) is 2.75. The molecule has 0 aromatic carbocycles. The molecule has 4 aliphatic carbocycles. The summed E-state index contributed by atoms with van der Waals surface area (Å²) in [6, 6.07) is 0. The van der Waals surface area contributed by atoms with Crippen LogP contribution >= 0.6 is 0 Å². The quantitative estimate of drug-likeness (QED) is 0.616. The van der Waals surface area contributed by atoms with Crippen LogP contribution in [0.25, 0.3) is 0 Å². The lowest BCUT2D eigenvalue weighted by molar-refractivity contribution is -0.0741. The van der Waals surface area contributed by atoms with E-state index >= 15 is 0 Å². The van der Waals surface area contributed by atoms with E-state index in [1.807, 2.05) is 5.57 Å². The van der Waals surface area contributed by atoms with Gasteiger partial charge in [-0.1, -0.05) is 25.0 Å². The van der Waals surface area contributed by atoms with Crippen molar-refractivity contribution in [3.05, 3.63) is 11.1 Å². The van der Waals surface area contributed by atoms with Gasteiger partial charge < -0.3 is 5.11 Å². The van der Waals surface area contributed by atoms with Crippen LogP contribution in [0.2, 0.25) is 0 Å². The van der Waals surface area contributed by atoms with Crippen LogP contribution in [0.4, 0.5) is 0 Å². The zero-order chi connectivity index (χ0) is 14.8. The van der Waals surface area contributed by atoms with Crippen molar-refractivity contribution in [3.8, 4) is 0 Å². The number of rotatable bonds is 0. The van der Waals surface area contributed by atoms with Gasteiger partial charge in [-0.25, -0.2) is 0 Å². The molecular formula is C20H32O. The highest BCUT2D eigenvalue weighted by molar-refractivity contribution is 5.28. The molecule has 118 valence electrons. The van der Waals surface area contributed by atoms with Gasteiger partial charge in [0, 0.05) is 0 Å². The lowest BCUT2D eigenvalue weighted by Gasteiger charge is -2.58. The van der Waals surface area contributed by atoms with E-state index < -0.39 is 0 Å². The first-order valence-corrected chi connectivity index (χ1v) is 9.34. The number of fused-ring (bicyclic) bond motifs is 5. The summed E-state index contributed by atoms with van der Waals surface area (Å²) >= 11 is 0. The molecule has 4 rings (SSSR count). The monoisotopic (exact) mass is 288 g/mol. The lowest BCUT2D eigenvalue weighted by atomic mass is 9.47. The van der Waals surface area contributed by atoms with Crippen molar-refractivity contribution >= 4 is 0 Å². The summed E-state index contributed by atoms with van der Waals surface area (Å²) in [5, 5.41) is 10.5. The molecule has 6 atom stereocenters. The van der Waals surface area contributed by atoms with Crippen molar-refractivity contribution < 1.29 is 5.11 Å². The molecule has 21 heavy (non-hydrogen) atoms. The second-order valence-corrected chi connectivity index (χ2v) is 9.08. The second kappa shape index (κ2) is 4.60. The third-order valence-electron chi connectivity index (χ3n) is 8.39. The van der Waals surface area contributed by atoms with E-state index in [2.05, 4.69) is 20.8 Å². The summed E-state index contributed by atoms with van der Waals surface area (Å²) in [6.45, 7) is 7.39. The third-order valence-corrected chi connectivity index (χ3v) is 8.39. The van der Waals surface area contributed by atoms with Crippen molar-refractivity contribution in [3.63, 3.8) is 0 Å². The fraction of sp³-hybridized carbons (Fsp3) is 0.900. The largest absolute Gasteiger partial charge is 0.393 e. The van der Waals surface area contributed by atoms with Crippen LogP contribution in [0, 0.1) is 28.6 Å². The molecule has 1 unspecified atom stereocenters. The van der Waals surface area contributed by atoms with E-state index in [1.54, 1.807) is 5.57 Å². The van der Waals surface area contributed by atoms with Gasteiger partial charge in [0.15, 0.2) is 0 Å². The molecule has 0 aromatic heterocycles. The van der Waals surface area contributed by atoms with E-state index in [4.69, 9.17) is 0 Å². The molecule has 0 heterocycles. The van der Waals surface area contributed by atoms with Crippen molar-refractivity contribution in [2.75, 3.05) is 0 Å². The molecule has 4 aliphatic rings. The van der Waals surface area contributed by atoms with Gasteiger partial charge in [0.2, 0.25) is 0 Å². The number of aliphatic hydroxyl groups is 1. The predicted octanol–water partition coefficient (Wildman–Crippen LogP) is 5.09. The molecular weight excluding hydrogens is 256 g/mol. The summed E-state index contributed by atoms with van der Waals surface area (Å²) in [5.41, 5.74) is 4.31. The maximum atomic E-state index is 10.5. The van der Waals surface area contributed by atoms with Crippen LogP contribution in [-0.2, 0) is 0 Å². The Bertz CT molecular complexity index is 478. The smallest absolute Gasteiger partial charge is 0.0596 e. The number of allylic oxidation sites excluding steroid dienone is 2. The Balaban J connectivity index is 1.70. The van der Waals surface area contributed by atoms with E-state index in [0.29, 0.717) is 5.41 Å². The normalized spacial score (nSPS) is 53.1. The van der Waals surface area contributed by atoms with Crippen LogP contribution < -0.4 is 0 Å². The Labute approximate surface area is 130 Å². The molecule has 1 N–H and O–H groups in total. The van der Waals surface area contributed by atoms with Crippen LogP contribution in [0.5, 0.6) is 0 Å². The van der Waals surface area contributed by atoms with Crippen molar-refractivity contribution in [2.45, 2.75) is 84.7 Å². The van der Waals surface area contributed by atoms with Gasteiger partial charge in [0.1, 0.15) is 0 Å². The summed E-state index contributed by atoms with van der Waals surface area (Å²) in [4.78, 5) is 0. The maximum absolute atomic E-state index is 10.5. The SMILES string of the molecule is CC1=C2CC[C@@H]3[C@H](CC[C@]4(C)C(O)CC[C@@H]34)[C@@]2(C)CCC1. The Kier molecular flexibility index (Phi) is 3.13. The highest BCUT2D eigenvalue weighted by Crippen LogP contribution is 2.65. The van der Waals surface area contributed by atoms with Crippen molar-refractivity contribution in [1.29, 1.82) is 0 Å². The molecule has 0 spiro atoms. The number of aliphatic hydroxyl groups excluding tert-OH is 1. The van der Waals surface area contributed by atoms with Crippen LogP contribution in [0.1, 0.15) is 78.6 Å². The minimum absolute atomic E-state index is 0.0266. The molecule has 0 bridgehead atoms. The van der Waals surface area contributed by atoms with Gasteiger partial charge in [0.25, 0.3) is 0 Å². The van der Waals surface area contributed by atoms with Crippen LogP contribution in [-0.4, -0.2) is 11.2 Å². The summed E-state index contributed by atoms with van der Waals surface area (Å²) < 4.78 is 0. The Morgan fingerprint density at radius 1 is 0.952 bits per heavy atom. The topological polar surface area (TPSA) is 20.2 Å². The minimum Gasteiger partial charge on any atom is -0.393 e. The van der Waals surface area contributed by atoms with Crippen molar-refractivity contribution in [2.24, 2.45) is 28.6 Å². The second-order valence-electron chi connectivity index (χ2n) is 9.08. The highest BCUT2D eigenvalue weighted by Gasteiger charge is 2.58. The van der Waals surface area contributed by atoms with E-state index in [9.17, 15) is 5.11 Å². The number of hydrogen-bond donors (Lipinski definition) is 1. The van der Waals surface area contributed by atoms with Crippen LogP contribution in [0.15, 0.2) is 11.1 Å². The average molecular weight is 288 g/mol. The van der Waals surface area contributed by atoms with Gasteiger partial charge >= 0.3 is 0 Å². The summed E-state index contributed by atoms with van der Waals surface area (Å²) in [5.74, 6) is 2.59. The molecule has 0 saturated heterocycles. The van der Waals surface area contributed by atoms with E-state index in [-0.39, 0.29) is 11.5 Å². The highest BCUT2D eigenvalue weighted by atomic mass is 16.3. The first kappa shape index (κ1) is 14.3. The lowest BCUT2D eigenvalue weighted by Crippen LogP contribution is -2.51. The fourth-order valence-electron chi connectivity index (χ4n) is 7.18. The summed E-state index contributed by atoms with van der Waals surface area (Å²) in [6.07, 6.45) is 11.9. The Morgan fingerprint density at radius 2 is 1.76 bits per heavy atom. The van der Waals surface area contributed by atoms with Gasteiger partial charge in [0.05, 0.1) is 6.10 Å². The van der Waals surface area contributed by atoms with E-state index in [1.165, 1.54) is 51.4 Å². The molecule has 0 aliphatic heterocycles. The Hall–Kier alpha value is -0.300.